The highest BCUT2D eigenvalue weighted by atomic mass is 32.1. The minimum Gasteiger partial charge on any atom is -0.497 e. The van der Waals surface area contributed by atoms with E-state index in [2.05, 4.69) is 5.32 Å². The summed E-state index contributed by atoms with van der Waals surface area (Å²) in [7, 11) is 3.14. The Hall–Kier alpha value is -2.01. The van der Waals surface area contributed by atoms with E-state index < -0.39 is 0 Å². The second kappa shape index (κ2) is 5.75. The highest BCUT2D eigenvalue weighted by Crippen LogP contribution is 2.29. The molecule has 0 aliphatic rings. The van der Waals surface area contributed by atoms with Gasteiger partial charge in [-0.15, -0.1) is 11.3 Å². The third kappa shape index (κ3) is 3.06. The smallest absolute Gasteiger partial charge is 0.265 e. The molecule has 2 aromatic rings. The summed E-state index contributed by atoms with van der Waals surface area (Å²) < 4.78 is 10.4. The first kappa shape index (κ1) is 13.4. The number of amides is 1. The molecule has 1 heterocycles. The van der Waals surface area contributed by atoms with Crippen LogP contribution in [0, 0.1) is 6.92 Å². The molecular weight excluding hydrogens is 262 g/mol. The number of ether oxygens (including phenoxy) is 2. The van der Waals surface area contributed by atoms with Crippen molar-refractivity contribution in [2.75, 3.05) is 19.5 Å². The predicted octanol–water partition coefficient (Wildman–Crippen LogP) is 3.33. The summed E-state index contributed by atoms with van der Waals surface area (Å²) in [6.45, 7) is 1.97. The SMILES string of the molecule is COc1ccc(NC(=O)c2ccc(C)s2)c(OC)c1. The van der Waals surface area contributed by atoms with Crippen LogP contribution >= 0.6 is 11.3 Å². The van der Waals surface area contributed by atoms with Crippen molar-refractivity contribution in [1.29, 1.82) is 0 Å². The number of nitrogens with one attached hydrogen (secondary N) is 1. The first-order valence-corrected chi connectivity index (χ1v) is 6.55. The van der Waals surface area contributed by atoms with Gasteiger partial charge in [-0.1, -0.05) is 0 Å². The van der Waals surface area contributed by atoms with E-state index in [1.807, 2.05) is 19.1 Å². The van der Waals surface area contributed by atoms with Gasteiger partial charge in [-0.05, 0) is 31.2 Å². The van der Waals surface area contributed by atoms with Gasteiger partial charge in [0.15, 0.2) is 0 Å². The molecule has 0 unspecified atom stereocenters. The number of thiophene rings is 1. The van der Waals surface area contributed by atoms with Crippen molar-refractivity contribution in [3.8, 4) is 11.5 Å². The number of aryl methyl sites for hydroxylation is 1. The molecule has 4 nitrogen and oxygen atoms in total. The van der Waals surface area contributed by atoms with E-state index in [1.165, 1.54) is 11.3 Å². The molecule has 0 aliphatic carbocycles. The Morgan fingerprint density at radius 3 is 2.53 bits per heavy atom. The average Bonchev–Trinajstić information content (AvgIpc) is 2.86. The lowest BCUT2D eigenvalue weighted by Gasteiger charge is -2.10. The lowest BCUT2D eigenvalue weighted by Crippen LogP contribution is -2.11. The van der Waals surface area contributed by atoms with Gasteiger partial charge in [0.25, 0.3) is 5.91 Å². The van der Waals surface area contributed by atoms with Crippen molar-refractivity contribution in [2.45, 2.75) is 6.92 Å². The van der Waals surface area contributed by atoms with E-state index in [0.717, 1.165) is 4.88 Å². The van der Waals surface area contributed by atoms with Crippen molar-refractivity contribution >= 4 is 22.9 Å². The minimum atomic E-state index is -0.137. The first-order valence-electron chi connectivity index (χ1n) is 5.74. The summed E-state index contributed by atoms with van der Waals surface area (Å²) in [5.41, 5.74) is 0.624. The van der Waals surface area contributed by atoms with Crippen LogP contribution in [0.25, 0.3) is 0 Å². The standard InChI is InChI=1S/C14H15NO3S/c1-9-4-7-13(19-9)14(16)15-11-6-5-10(17-2)8-12(11)18-3/h4-8H,1-3H3,(H,15,16). The molecule has 0 aliphatic heterocycles. The summed E-state index contributed by atoms with van der Waals surface area (Å²) in [6, 6.07) is 9.00. The Labute approximate surface area is 116 Å². The zero-order chi connectivity index (χ0) is 13.8. The fourth-order valence-corrected chi connectivity index (χ4v) is 2.41. The average molecular weight is 277 g/mol. The van der Waals surface area contributed by atoms with Gasteiger partial charge in [0.2, 0.25) is 0 Å². The molecule has 1 aromatic heterocycles. The Morgan fingerprint density at radius 1 is 1.16 bits per heavy atom. The molecule has 100 valence electrons. The third-order valence-corrected chi connectivity index (χ3v) is 3.62. The molecule has 0 saturated heterocycles. The summed E-state index contributed by atoms with van der Waals surface area (Å²) >= 11 is 1.46. The molecule has 0 atom stereocenters. The van der Waals surface area contributed by atoms with Gasteiger partial charge in [-0.25, -0.2) is 0 Å². The number of hydrogen-bond donors (Lipinski definition) is 1. The molecule has 1 amide bonds. The van der Waals surface area contributed by atoms with E-state index in [9.17, 15) is 4.79 Å². The monoisotopic (exact) mass is 277 g/mol. The van der Waals surface area contributed by atoms with Crippen LogP contribution in [0.2, 0.25) is 0 Å². The van der Waals surface area contributed by atoms with Crippen LogP contribution in [0.3, 0.4) is 0 Å². The molecular formula is C14H15NO3S. The summed E-state index contributed by atoms with van der Waals surface area (Å²) in [6.07, 6.45) is 0. The molecule has 0 spiro atoms. The van der Waals surface area contributed by atoms with Crippen LogP contribution in [-0.4, -0.2) is 20.1 Å². The van der Waals surface area contributed by atoms with Crippen molar-refractivity contribution in [1.82, 2.24) is 0 Å². The van der Waals surface area contributed by atoms with E-state index in [1.54, 1.807) is 32.4 Å². The van der Waals surface area contributed by atoms with Crippen molar-refractivity contribution in [3.05, 3.63) is 40.1 Å². The first-order chi connectivity index (χ1) is 9.13. The number of anilines is 1. The summed E-state index contributed by atoms with van der Waals surface area (Å²) in [5.74, 6) is 1.12. The van der Waals surface area contributed by atoms with Crippen molar-refractivity contribution in [3.63, 3.8) is 0 Å². The van der Waals surface area contributed by atoms with Crippen LogP contribution < -0.4 is 14.8 Å². The quantitative estimate of drug-likeness (QED) is 0.932. The molecule has 5 heteroatoms. The molecule has 2 rings (SSSR count). The number of rotatable bonds is 4. The number of carbonyl (C=O) groups excluding carboxylic acids is 1. The van der Waals surface area contributed by atoms with Crippen molar-refractivity contribution in [2.24, 2.45) is 0 Å². The Bertz CT molecular complexity index is 592. The zero-order valence-corrected chi connectivity index (χ0v) is 11.8. The molecule has 0 fully saturated rings. The van der Waals surface area contributed by atoms with Gasteiger partial charge < -0.3 is 14.8 Å². The maximum atomic E-state index is 12.1. The Balaban J connectivity index is 2.21. The van der Waals surface area contributed by atoms with Gasteiger partial charge in [-0.3, -0.25) is 4.79 Å². The summed E-state index contributed by atoms with van der Waals surface area (Å²) in [5, 5.41) is 2.83. The van der Waals surface area contributed by atoms with Gasteiger partial charge in [0, 0.05) is 10.9 Å². The summed E-state index contributed by atoms with van der Waals surface area (Å²) in [4.78, 5) is 13.8. The number of carbonyl (C=O) groups is 1. The van der Waals surface area contributed by atoms with Crippen LogP contribution in [0.1, 0.15) is 14.5 Å². The van der Waals surface area contributed by atoms with E-state index in [-0.39, 0.29) is 5.91 Å². The maximum Gasteiger partial charge on any atom is 0.265 e. The van der Waals surface area contributed by atoms with Crippen molar-refractivity contribution < 1.29 is 14.3 Å². The Kier molecular flexibility index (Phi) is 4.06. The second-order valence-corrected chi connectivity index (χ2v) is 5.22. The lowest BCUT2D eigenvalue weighted by atomic mass is 10.2. The molecule has 19 heavy (non-hydrogen) atoms. The largest absolute Gasteiger partial charge is 0.497 e. The van der Waals surface area contributed by atoms with Crippen LogP contribution in [0.15, 0.2) is 30.3 Å². The minimum absolute atomic E-state index is 0.137. The molecule has 0 saturated carbocycles. The van der Waals surface area contributed by atoms with Crippen LogP contribution in [0.5, 0.6) is 11.5 Å². The predicted molar refractivity (Wildman–Crippen MR) is 76.6 cm³/mol. The highest BCUT2D eigenvalue weighted by molar-refractivity contribution is 7.14. The maximum absolute atomic E-state index is 12.1. The fraction of sp³-hybridized carbons (Fsp3) is 0.214. The lowest BCUT2D eigenvalue weighted by molar-refractivity contribution is 0.103. The van der Waals surface area contributed by atoms with E-state index in [0.29, 0.717) is 22.1 Å². The van der Waals surface area contributed by atoms with Crippen LogP contribution in [-0.2, 0) is 0 Å². The van der Waals surface area contributed by atoms with Gasteiger partial charge in [0.05, 0.1) is 24.8 Å². The molecule has 1 N–H and O–H groups in total. The third-order valence-electron chi connectivity index (χ3n) is 2.62. The normalized spacial score (nSPS) is 10.1. The highest BCUT2D eigenvalue weighted by Gasteiger charge is 2.12. The van der Waals surface area contributed by atoms with Crippen LogP contribution in [0.4, 0.5) is 5.69 Å². The zero-order valence-electron chi connectivity index (χ0n) is 11.0. The van der Waals surface area contributed by atoms with E-state index in [4.69, 9.17) is 9.47 Å². The molecule has 0 bridgehead atoms. The number of methoxy groups -OCH3 is 2. The van der Waals surface area contributed by atoms with Gasteiger partial charge in [-0.2, -0.15) is 0 Å². The van der Waals surface area contributed by atoms with Gasteiger partial charge >= 0.3 is 0 Å². The van der Waals surface area contributed by atoms with Gasteiger partial charge in [0.1, 0.15) is 11.5 Å². The number of benzene rings is 1. The van der Waals surface area contributed by atoms with E-state index >= 15 is 0 Å². The topological polar surface area (TPSA) is 47.6 Å². The second-order valence-electron chi connectivity index (χ2n) is 3.93. The molecule has 0 radical (unpaired) electrons. The number of hydrogen-bond acceptors (Lipinski definition) is 4. The fourth-order valence-electron chi connectivity index (χ4n) is 1.64. The Morgan fingerprint density at radius 2 is 1.95 bits per heavy atom. The molecule has 1 aromatic carbocycles.